The predicted octanol–water partition coefficient (Wildman–Crippen LogP) is 5.99. The van der Waals surface area contributed by atoms with Gasteiger partial charge in [0.2, 0.25) is 0 Å². The van der Waals surface area contributed by atoms with Crippen molar-refractivity contribution >= 4 is 40.6 Å². The van der Waals surface area contributed by atoms with Crippen LogP contribution in [0.5, 0.6) is 5.75 Å². The van der Waals surface area contributed by atoms with Crippen LogP contribution in [0.25, 0.3) is 11.8 Å². The summed E-state index contributed by atoms with van der Waals surface area (Å²) >= 11 is 1.32. The summed E-state index contributed by atoms with van der Waals surface area (Å²) in [6.07, 6.45) is 3.81. The van der Waals surface area contributed by atoms with E-state index in [1.165, 1.54) is 23.9 Å². The molecule has 0 atom stereocenters. The molecule has 1 aliphatic rings. The van der Waals surface area contributed by atoms with Crippen molar-refractivity contribution in [2.75, 3.05) is 7.11 Å². The first-order valence-electron chi connectivity index (χ1n) is 11.5. The minimum atomic E-state index is -0.990. The zero-order chi connectivity index (χ0) is 25.8. The molecule has 0 unspecified atom stereocenters. The van der Waals surface area contributed by atoms with Crippen LogP contribution in [0.15, 0.2) is 107 Å². The number of hydrogen-bond acceptors (Lipinski definition) is 5. The van der Waals surface area contributed by atoms with E-state index in [9.17, 15) is 14.7 Å². The molecule has 1 aliphatic heterocycles. The zero-order valence-electron chi connectivity index (χ0n) is 19.9. The van der Waals surface area contributed by atoms with Gasteiger partial charge < -0.3 is 14.4 Å². The monoisotopic (exact) mass is 509 g/mol. The van der Waals surface area contributed by atoms with Gasteiger partial charge in [0.15, 0.2) is 5.17 Å². The third-order valence-electron chi connectivity index (χ3n) is 5.82. The van der Waals surface area contributed by atoms with Crippen LogP contribution in [0.3, 0.4) is 0 Å². The van der Waals surface area contributed by atoms with E-state index in [0.717, 1.165) is 28.4 Å². The number of nitrogens with zero attached hydrogens (tertiary/aromatic N) is 3. The van der Waals surface area contributed by atoms with Crippen LogP contribution < -0.4 is 4.74 Å². The van der Waals surface area contributed by atoms with Crippen molar-refractivity contribution in [3.05, 3.63) is 119 Å². The van der Waals surface area contributed by atoms with E-state index in [1.807, 2.05) is 83.6 Å². The van der Waals surface area contributed by atoms with E-state index < -0.39 is 5.97 Å². The number of carboxylic acids is 1. The van der Waals surface area contributed by atoms with Crippen molar-refractivity contribution in [2.24, 2.45) is 4.99 Å². The fraction of sp³-hybridized carbons (Fsp3) is 0.0690. The molecule has 5 rings (SSSR count). The molecule has 8 heteroatoms. The highest BCUT2D eigenvalue weighted by molar-refractivity contribution is 8.18. The van der Waals surface area contributed by atoms with E-state index in [-0.39, 0.29) is 18.0 Å². The Morgan fingerprint density at radius 3 is 2.38 bits per heavy atom. The van der Waals surface area contributed by atoms with Crippen molar-refractivity contribution in [1.29, 1.82) is 0 Å². The molecular formula is C29H23N3O4S. The van der Waals surface area contributed by atoms with Gasteiger partial charge in [-0.15, -0.1) is 0 Å². The van der Waals surface area contributed by atoms with E-state index >= 15 is 0 Å². The number of amides is 1. The number of benzene rings is 3. The summed E-state index contributed by atoms with van der Waals surface area (Å²) in [5.41, 5.74) is 3.55. The number of methoxy groups -OCH3 is 1. The topological polar surface area (TPSA) is 84.1 Å². The molecule has 0 aliphatic carbocycles. The van der Waals surface area contributed by atoms with E-state index in [0.29, 0.717) is 10.1 Å². The summed E-state index contributed by atoms with van der Waals surface area (Å²) in [5, 5.41) is 9.76. The van der Waals surface area contributed by atoms with Crippen LogP contribution in [0, 0.1) is 0 Å². The van der Waals surface area contributed by atoms with Gasteiger partial charge in [-0.3, -0.25) is 9.69 Å². The number of para-hydroxylation sites is 1. The zero-order valence-corrected chi connectivity index (χ0v) is 20.8. The Bertz CT molecular complexity index is 1490. The van der Waals surface area contributed by atoms with Gasteiger partial charge in [0.1, 0.15) is 5.75 Å². The fourth-order valence-electron chi connectivity index (χ4n) is 3.90. The lowest BCUT2D eigenvalue weighted by atomic mass is 10.1. The summed E-state index contributed by atoms with van der Waals surface area (Å²) < 4.78 is 7.26. The van der Waals surface area contributed by atoms with E-state index in [1.54, 1.807) is 24.1 Å². The van der Waals surface area contributed by atoms with Crippen LogP contribution in [0.2, 0.25) is 0 Å². The number of ether oxygens (including phenoxy) is 1. The maximum Gasteiger partial charge on any atom is 0.335 e. The quantitative estimate of drug-likeness (QED) is 0.310. The van der Waals surface area contributed by atoms with Gasteiger partial charge in [0, 0.05) is 17.6 Å². The second-order valence-corrected chi connectivity index (χ2v) is 9.24. The molecule has 1 N–H and O–H groups in total. The first kappa shape index (κ1) is 24.1. The third kappa shape index (κ3) is 5.34. The van der Waals surface area contributed by atoms with Crippen LogP contribution in [-0.2, 0) is 11.3 Å². The number of thioether (sulfide) groups is 1. The number of carbonyl (C=O) groups excluding carboxylic acids is 1. The molecule has 1 amide bonds. The standard InChI is InChI=1S/C29H23N3O4S/c1-36-25-15-13-23(14-16-25)31-17-5-8-24(31)18-26-27(33)32(19-20-9-11-21(12-10-20)28(34)35)29(37-26)30-22-6-3-2-4-7-22/h2-18H,19H2,1H3,(H,34,35)/b26-18-,30-29?. The number of carboxylic acid groups (broad SMARTS) is 1. The Balaban J connectivity index is 1.48. The molecule has 0 radical (unpaired) electrons. The largest absolute Gasteiger partial charge is 0.497 e. The van der Waals surface area contributed by atoms with Crippen molar-refractivity contribution in [3.63, 3.8) is 0 Å². The average molecular weight is 510 g/mol. The number of carbonyl (C=O) groups is 2. The van der Waals surface area contributed by atoms with E-state index in [4.69, 9.17) is 9.73 Å². The highest BCUT2D eigenvalue weighted by Gasteiger charge is 2.33. The first-order valence-corrected chi connectivity index (χ1v) is 12.3. The summed E-state index contributed by atoms with van der Waals surface area (Å²) in [6.45, 7) is 0.272. The van der Waals surface area contributed by atoms with Gasteiger partial charge in [-0.25, -0.2) is 9.79 Å². The second-order valence-electron chi connectivity index (χ2n) is 8.24. The highest BCUT2D eigenvalue weighted by atomic mass is 32.2. The lowest BCUT2D eigenvalue weighted by molar-refractivity contribution is -0.122. The highest BCUT2D eigenvalue weighted by Crippen LogP contribution is 2.35. The molecule has 2 heterocycles. The van der Waals surface area contributed by atoms with Crippen LogP contribution in [0.4, 0.5) is 5.69 Å². The third-order valence-corrected chi connectivity index (χ3v) is 6.83. The van der Waals surface area contributed by atoms with Gasteiger partial charge in [-0.05, 0) is 84.1 Å². The maximum absolute atomic E-state index is 13.6. The number of hydrogen-bond donors (Lipinski definition) is 1. The molecule has 4 aromatic rings. The van der Waals surface area contributed by atoms with Gasteiger partial charge >= 0.3 is 5.97 Å². The second kappa shape index (κ2) is 10.6. The number of aliphatic imine (C=N–C) groups is 1. The van der Waals surface area contributed by atoms with Gasteiger partial charge in [0.05, 0.1) is 29.8 Å². The van der Waals surface area contributed by atoms with Crippen molar-refractivity contribution in [3.8, 4) is 11.4 Å². The van der Waals surface area contributed by atoms with Gasteiger partial charge in [-0.2, -0.15) is 0 Å². The normalized spacial score (nSPS) is 15.5. The van der Waals surface area contributed by atoms with Crippen LogP contribution in [-0.4, -0.2) is 38.7 Å². The summed E-state index contributed by atoms with van der Waals surface area (Å²) in [7, 11) is 1.63. The summed E-state index contributed by atoms with van der Waals surface area (Å²) in [6, 6.07) is 27.6. The fourth-order valence-corrected chi connectivity index (χ4v) is 4.89. The molecule has 0 spiro atoms. The Morgan fingerprint density at radius 2 is 1.70 bits per heavy atom. The molecule has 184 valence electrons. The maximum atomic E-state index is 13.6. The van der Waals surface area contributed by atoms with Crippen molar-refractivity contribution in [2.45, 2.75) is 6.54 Å². The Hall–Kier alpha value is -4.56. The minimum absolute atomic E-state index is 0.163. The molecular weight excluding hydrogens is 486 g/mol. The number of aromatic carboxylic acids is 1. The average Bonchev–Trinajstić information content (AvgIpc) is 3.50. The first-order chi connectivity index (χ1) is 18.0. The van der Waals surface area contributed by atoms with Crippen molar-refractivity contribution < 1.29 is 19.4 Å². The summed E-state index contributed by atoms with van der Waals surface area (Å²) in [4.78, 5) is 31.7. The van der Waals surface area contributed by atoms with Crippen molar-refractivity contribution in [1.82, 2.24) is 9.47 Å². The lowest BCUT2D eigenvalue weighted by Crippen LogP contribution is -2.28. The van der Waals surface area contributed by atoms with Gasteiger partial charge in [0.25, 0.3) is 5.91 Å². The molecule has 3 aromatic carbocycles. The minimum Gasteiger partial charge on any atom is -0.497 e. The number of amidine groups is 1. The number of rotatable bonds is 7. The molecule has 1 aromatic heterocycles. The molecule has 1 fully saturated rings. The lowest BCUT2D eigenvalue weighted by Gasteiger charge is -2.16. The SMILES string of the molecule is COc1ccc(-n2cccc2/C=C2\SC(=Nc3ccccc3)N(Cc3ccc(C(=O)O)cc3)C2=O)cc1. The molecule has 37 heavy (non-hydrogen) atoms. The van der Waals surface area contributed by atoms with Gasteiger partial charge in [-0.1, -0.05) is 30.3 Å². The molecule has 0 bridgehead atoms. The molecule has 7 nitrogen and oxygen atoms in total. The Labute approximate surface area is 218 Å². The number of aromatic nitrogens is 1. The Kier molecular flexibility index (Phi) is 6.91. The Morgan fingerprint density at radius 1 is 0.973 bits per heavy atom. The molecule has 1 saturated heterocycles. The predicted molar refractivity (Wildman–Crippen MR) is 145 cm³/mol. The molecule has 0 saturated carbocycles. The summed E-state index contributed by atoms with van der Waals surface area (Å²) in [5.74, 6) is -0.383. The van der Waals surface area contributed by atoms with Crippen LogP contribution in [0.1, 0.15) is 21.6 Å². The van der Waals surface area contributed by atoms with E-state index in [2.05, 4.69) is 0 Å². The van der Waals surface area contributed by atoms with Crippen LogP contribution >= 0.6 is 11.8 Å². The smallest absolute Gasteiger partial charge is 0.335 e.